The Bertz CT molecular complexity index is 1090. The van der Waals surface area contributed by atoms with Gasteiger partial charge in [-0.2, -0.15) is 0 Å². The SMILES string of the molecule is CCN(CC)CCC(=O)O[C@@H](C)OC(C(=O)OC1CC2CCC(C1)[N+]21CCCC1)(c1ccccc1)c1ccccc1. The largest absolute Gasteiger partial charge is 0.459 e. The van der Waals surface area contributed by atoms with Crippen molar-refractivity contribution in [1.82, 2.24) is 4.90 Å². The van der Waals surface area contributed by atoms with E-state index < -0.39 is 17.9 Å². The normalized spacial score (nSPS) is 24.0. The van der Waals surface area contributed by atoms with Crippen molar-refractivity contribution >= 4 is 11.9 Å². The minimum atomic E-state index is -1.57. The van der Waals surface area contributed by atoms with Crippen molar-refractivity contribution in [2.45, 2.75) is 95.8 Å². The fourth-order valence-electron chi connectivity index (χ4n) is 7.78. The summed E-state index contributed by atoms with van der Waals surface area (Å²) in [6, 6.07) is 20.1. The maximum atomic E-state index is 14.5. The van der Waals surface area contributed by atoms with Crippen LogP contribution >= 0.6 is 0 Å². The molecule has 0 aromatic heterocycles. The summed E-state index contributed by atoms with van der Waals surface area (Å²) in [7, 11) is 0. The molecule has 5 rings (SSSR count). The van der Waals surface area contributed by atoms with Gasteiger partial charge in [0, 0.05) is 45.1 Å². The molecule has 2 bridgehead atoms. The van der Waals surface area contributed by atoms with Crippen LogP contribution in [0.4, 0.5) is 0 Å². The zero-order valence-electron chi connectivity index (χ0n) is 25.0. The molecule has 2 aromatic rings. The third-order valence-electron chi connectivity index (χ3n) is 9.84. The Hall–Kier alpha value is -2.74. The number of benzene rings is 2. The molecule has 222 valence electrons. The predicted molar refractivity (Wildman–Crippen MR) is 158 cm³/mol. The molecule has 3 saturated heterocycles. The first kappa shape index (κ1) is 29.7. The lowest BCUT2D eigenvalue weighted by atomic mass is 9.85. The van der Waals surface area contributed by atoms with E-state index in [9.17, 15) is 9.59 Å². The molecule has 1 spiro atoms. The van der Waals surface area contributed by atoms with E-state index in [2.05, 4.69) is 18.7 Å². The number of piperidine rings is 1. The standard InChI is InChI=1S/C34H47N2O5/c1-4-35(5-2)21-20-32(37)39-26(3)41-34(27-14-8-6-9-15-27,28-16-10-7-11-17-28)33(38)40-31-24-29-18-19-30(25-31)36(29)22-12-13-23-36/h6-11,14-17,26,29-31H,4-5,12-13,18-25H2,1-3H3/q+1/t26-,29?,30?,31?/m1/s1. The van der Waals surface area contributed by atoms with Crippen molar-refractivity contribution in [3.05, 3.63) is 71.8 Å². The van der Waals surface area contributed by atoms with Crippen molar-refractivity contribution in [3.63, 3.8) is 0 Å². The van der Waals surface area contributed by atoms with Gasteiger partial charge in [-0.1, -0.05) is 74.5 Å². The van der Waals surface area contributed by atoms with Crippen molar-refractivity contribution in [3.8, 4) is 0 Å². The lowest BCUT2D eigenvalue weighted by molar-refractivity contribution is -0.956. The Morgan fingerprint density at radius 3 is 1.95 bits per heavy atom. The van der Waals surface area contributed by atoms with E-state index in [0.717, 1.165) is 25.9 Å². The van der Waals surface area contributed by atoms with Crippen LogP contribution in [0.2, 0.25) is 0 Å². The minimum absolute atomic E-state index is 0.147. The lowest BCUT2D eigenvalue weighted by Gasteiger charge is -2.47. The molecule has 2 unspecified atom stereocenters. The van der Waals surface area contributed by atoms with E-state index in [0.29, 0.717) is 29.8 Å². The second-order valence-corrected chi connectivity index (χ2v) is 12.0. The molecule has 3 fully saturated rings. The molecule has 3 atom stereocenters. The molecule has 3 heterocycles. The Balaban J connectivity index is 1.39. The third-order valence-corrected chi connectivity index (χ3v) is 9.84. The molecule has 0 amide bonds. The van der Waals surface area contributed by atoms with Crippen LogP contribution in [0.3, 0.4) is 0 Å². The quantitative estimate of drug-likeness (QED) is 0.195. The molecule has 3 aliphatic heterocycles. The number of carbonyl (C=O) groups excluding carboxylic acids is 2. The van der Waals surface area contributed by atoms with Gasteiger partial charge < -0.3 is 23.6 Å². The van der Waals surface area contributed by atoms with Crippen LogP contribution in [0.15, 0.2) is 60.7 Å². The van der Waals surface area contributed by atoms with Gasteiger partial charge in [-0.3, -0.25) is 4.79 Å². The van der Waals surface area contributed by atoms with Crippen LogP contribution in [-0.4, -0.2) is 78.5 Å². The van der Waals surface area contributed by atoms with Gasteiger partial charge in [0.1, 0.15) is 6.10 Å². The van der Waals surface area contributed by atoms with E-state index in [-0.39, 0.29) is 18.5 Å². The number of carbonyl (C=O) groups is 2. The first-order valence-electron chi connectivity index (χ1n) is 15.7. The van der Waals surface area contributed by atoms with Gasteiger partial charge in [0.2, 0.25) is 11.9 Å². The van der Waals surface area contributed by atoms with Gasteiger partial charge >= 0.3 is 11.9 Å². The average Bonchev–Trinajstić information content (AvgIpc) is 3.53. The van der Waals surface area contributed by atoms with Gasteiger partial charge in [0.05, 0.1) is 31.6 Å². The zero-order valence-corrected chi connectivity index (χ0v) is 25.0. The van der Waals surface area contributed by atoms with E-state index in [1.54, 1.807) is 6.92 Å². The Labute approximate surface area is 245 Å². The lowest BCUT2D eigenvalue weighted by Crippen LogP contribution is -2.60. The highest BCUT2D eigenvalue weighted by Gasteiger charge is 2.57. The summed E-state index contributed by atoms with van der Waals surface area (Å²) in [5.74, 6) is -0.795. The zero-order chi connectivity index (χ0) is 28.9. The van der Waals surface area contributed by atoms with Crippen molar-refractivity contribution < 1.29 is 28.3 Å². The molecule has 0 aliphatic carbocycles. The number of esters is 2. The third kappa shape index (κ3) is 6.08. The molecule has 2 aromatic carbocycles. The molecule has 0 radical (unpaired) electrons. The molecule has 0 N–H and O–H groups in total. The van der Waals surface area contributed by atoms with E-state index in [1.165, 1.54) is 43.3 Å². The maximum Gasteiger partial charge on any atom is 0.348 e. The molecular formula is C34H47N2O5+. The van der Waals surface area contributed by atoms with Crippen molar-refractivity contribution in [2.24, 2.45) is 0 Å². The van der Waals surface area contributed by atoms with Crippen LogP contribution in [-0.2, 0) is 29.4 Å². The highest BCUT2D eigenvalue weighted by atomic mass is 16.7. The number of rotatable bonds is 12. The van der Waals surface area contributed by atoms with Gasteiger partial charge in [-0.15, -0.1) is 0 Å². The van der Waals surface area contributed by atoms with Crippen LogP contribution in [0.25, 0.3) is 0 Å². The maximum absolute atomic E-state index is 14.5. The fourth-order valence-corrected chi connectivity index (χ4v) is 7.78. The summed E-state index contributed by atoms with van der Waals surface area (Å²) in [6.07, 6.45) is 6.00. The van der Waals surface area contributed by atoms with Crippen LogP contribution < -0.4 is 0 Å². The molecule has 7 nitrogen and oxygen atoms in total. The second kappa shape index (κ2) is 13.1. The summed E-state index contributed by atoms with van der Waals surface area (Å²) in [6.45, 7) is 10.7. The van der Waals surface area contributed by atoms with Crippen molar-refractivity contribution in [1.29, 1.82) is 0 Å². The summed E-state index contributed by atoms with van der Waals surface area (Å²) < 4.78 is 20.0. The summed E-state index contributed by atoms with van der Waals surface area (Å²) in [5, 5.41) is 0. The highest BCUT2D eigenvalue weighted by molar-refractivity contribution is 5.86. The molecule has 0 saturated carbocycles. The van der Waals surface area contributed by atoms with E-state index in [4.69, 9.17) is 14.2 Å². The van der Waals surface area contributed by atoms with Gasteiger partial charge in [-0.05, 0) is 31.1 Å². The number of ether oxygens (including phenoxy) is 3. The number of hydrogen-bond donors (Lipinski definition) is 0. The van der Waals surface area contributed by atoms with Crippen LogP contribution in [0, 0.1) is 0 Å². The first-order chi connectivity index (χ1) is 19.9. The second-order valence-electron chi connectivity index (χ2n) is 12.0. The fraction of sp³-hybridized carbons (Fsp3) is 0.588. The number of nitrogens with zero attached hydrogens (tertiary/aromatic N) is 2. The molecule has 3 aliphatic rings. The monoisotopic (exact) mass is 563 g/mol. The smallest absolute Gasteiger partial charge is 0.348 e. The number of hydrogen-bond acceptors (Lipinski definition) is 6. The van der Waals surface area contributed by atoms with Crippen LogP contribution in [0.1, 0.15) is 76.8 Å². The summed E-state index contributed by atoms with van der Waals surface area (Å²) in [5.41, 5.74) is -0.259. The Morgan fingerprint density at radius 2 is 1.44 bits per heavy atom. The van der Waals surface area contributed by atoms with Gasteiger partial charge in [0.25, 0.3) is 0 Å². The first-order valence-corrected chi connectivity index (χ1v) is 15.7. The summed E-state index contributed by atoms with van der Waals surface area (Å²) in [4.78, 5) is 29.5. The summed E-state index contributed by atoms with van der Waals surface area (Å²) >= 11 is 0. The molecule has 7 heteroatoms. The Kier molecular flexibility index (Phi) is 9.47. The minimum Gasteiger partial charge on any atom is -0.459 e. The predicted octanol–water partition coefficient (Wildman–Crippen LogP) is 5.42. The molecular weight excluding hydrogens is 516 g/mol. The van der Waals surface area contributed by atoms with Crippen molar-refractivity contribution in [2.75, 3.05) is 32.7 Å². The van der Waals surface area contributed by atoms with E-state index in [1.807, 2.05) is 60.7 Å². The van der Waals surface area contributed by atoms with Crippen LogP contribution in [0.5, 0.6) is 0 Å². The average molecular weight is 564 g/mol. The van der Waals surface area contributed by atoms with E-state index >= 15 is 0 Å². The highest BCUT2D eigenvalue weighted by Crippen LogP contribution is 2.47. The molecule has 41 heavy (non-hydrogen) atoms. The van der Waals surface area contributed by atoms with Gasteiger partial charge in [0.15, 0.2) is 0 Å². The Morgan fingerprint density at radius 1 is 0.902 bits per heavy atom. The van der Waals surface area contributed by atoms with Gasteiger partial charge in [-0.25, -0.2) is 4.79 Å². The topological polar surface area (TPSA) is 65.1 Å². The number of quaternary nitrogens is 1.